The fourth-order valence-electron chi connectivity index (χ4n) is 1.40. The molecule has 6 nitrogen and oxygen atoms in total. The Kier molecular flexibility index (Phi) is 4.88. The van der Waals surface area contributed by atoms with E-state index in [0.717, 1.165) is 18.8 Å². The number of carbonyl (C=O) groups excluding carboxylic acids is 1. The van der Waals surface area contributed by atoms with E-state index >= 15 is 0 Å². The van der Waals surface area contributed by atoms with Gasteiger partial charge in [0.15, 0.2) is 0 Å². The number of carbonyl (C=O) groups is 1. The molecule has 0 radical (unpaired) electrons. The average Bonchev–Trinajstić information content (AvgIpc) is 2.35. The van der Waals surface area contributed by atoms with Gasteiger partial charge in [-0.15, -0.1) is 0 Å². The lowest BCUT2D eigenvalue weighted by molar-refractivity contribution is -0.144. The first-order valence-corrected chi connectivity index (χ1v) is 5.92. The van der Waals surface area contributed by atoms with Crippen molar-refractivity contribution in [3.8, 4) is 0 Å². The maximum absolute atomic E-state index is 11.6. The molecular formula is C12H20N4O2. The van der Waals surface area contributed by atoms with Crippen LogP contribution in [0.15, 0.2) is 12.4 Å². The van der Waals surface area contributed by atoms with E-state index in [9.17, 15) is 4.79 Å². The zero-order valence-corrected chi connectivity index (χ0v) is 11.3. The van der Waals surface area contributed by atoms with E-state index in [1.807, 2.05) is 0 Å². The summed E-state index contributed by atoms with van der Waals surface area (Å²) in [6.07, 6.45) is 2.47. The number of nitrogens with zero attached hydrogens (tertiary/aromatic N) is 2. The van der Waals surface area contributed by atoms with Gasteiger partial charge in [0.2, 0.25) is 0 Å². The maximum atomic E-state index is 11.6. The molecule has 0 atom stereocenters. The number of ether oxygens (including phenoxy) is 1. The number of nitrogens with one attached hydrogen (secondary N) is 2. The van der Waals surface area contributed by atoms with Crippen LogP contribution >= 0.6 is 0 Å². The van der Waals surface area contributed by atoms with Crippen LogP contribution in [-0.4, -0.2) is 35.1 Å². The molecule has 0 aromatic carbocycles. The van der Waals surface area contributed by atoms with Crippen LogP contribution in [0.1, 0.15) is 27.2 Å². The third-order valence-corrected chi connectivity index (χ3v) is 2.36. The van der Waals surface area contributed by atoms with Gasteiger partial charge < -0.3 is 15.4 Å². The highest BCUT2D eigenvalue weighted by atomic mass is 16.5. The first-order chi connectivity index (χ1) is 8.49. The summed E-state index contributed by atoms with van der Waals surface area (Å²) in [6, 6.07) is 1.76. The highest BCUT2D eigenvalue weighted by Gasteiger charge is 2.28. The lowest BCUT2D eigenvalue weighted by Gasteiger charge is -2.23. The van der Waals surface area contributed by atoms with Gasteiger partial charge in [-0.25, -0.2) is 14.8 Å². The standard InChI is InChI=1S/C12H20N4O2/c1-5-6-13-9-7-10(15-8-14-9)16-12(2,3)11(17)18-4/h7-8H,5-6H2,1-4H3,(H2,13,14,15,16). The van der Waals surface area contributed by atoms with E-state index in [4.69, 9.17) is 4.74 Å². The topological polar surface area (TPSA) is 76.1 Å². The van der Waals surface area contributed by atoms with E-state index < -0.39 is 5.54 Å². The Morgan fingerprint density at radius 1 is 1.39 bits per heavy atom. The molecule has 1 aromatic rings. The van der Waals surface area contributed by atoms with Crippen molar-refractivity contribution in [1.29, 1.82) is 0 Å². The van der Waals surface area contributed by atoms with Crippen LogP contribution in [-0.2, 0) is 9.53 Å². The third-order valence-electron chi connectivity index (χ3n) is 2.36. The summed E-state index contributed by atoms with van der Waals surface area (Å²) in [6.45, 7) is 6.39. The highest BCUT2D eigenvalue weighted by Crippen LogP contribution is 2.16. The Labute approximate surface area is 107 Å². The molecule has 0 fully saturated rings. The highest BCUT2D eigenvalue weighted by molar-refractivity contribution is 5.83. The summed E-state index contributed by atoms with van der Waals surface area (Å²) >= 11 is 0. The van der Waals surface area contributed by atoms with Crippen LogP contribution in [0.25, 0.3) is 0 Å². The fourth-order valence-corrected chi connectivity index (χ4v) is 1.40. The smallest absolute Gasteiger partial charge is 0.330 e. The summed E-state index contributed by atoms with van der Waals surface area (Å²) in [5, 5.41) is 6.18. The number of hydrogen-bond donors (Lipinski definition) is 2. The number of aromatic nitrogens is 2. The molecule has 0 unspecified atom stereocenters. The van der Waals surface area contributed by atoms with E-state index in [2.05, 4.69) is 27.5 Å². The minimum Gasteiger partial charge on any atom is -0.467 e. The Morgan fingerprint density at radius 2 is 2.06 bits per heavy atom. The van der Waals surface area contributed by atoms with Gasteiger partial charge in [-0.3, -0.25) is 0 Å². The SMILES string of the molecule is CCCNc1cc(NC(C)(C)C(=O)OC)ncn1. The molecule has 0 saturated carbocycles. The Morgan fingerprint density at radius 3 is 2.67 bits per heavy atom. The van der Waals surface area contributed by atoms with Gasteiger partial charge in [-0.1, -0.05) is 6.92 Å². The van der Waals surface area contributed by atoms with Crippen LogP contribution in [0.4, 0.5) is 11.6 Å². The predicted octanol–water partition coefficient (Wildman–Crippen LogP) is 1.66. The first kappa shape index (κ1) is 14.2. The number of methoxy groups -OCH3 is 1. The molecule has 18 heavy (non-hydrogen) atoms. The fraction of sp³-hybridized carbons (Fsp3) is 0.583. The van der Waals surface area contributed by atoms with Gasteiger partial charge in [0.05, 0.1) is 7.11 Å². The Hall–Kier alpha value is -1.85. The Balaban J connectivity index is 2.75. The molecule has 0 bridgehead atoms. The predicted molar refractivity (Wildman–Crippen MR) is 70.5 cm³/mol. The van der Waals surface area contributed by atoms with Gasteiger partial charge in [-0.05, 0) is 20.3 Å². The second kappa shape index (κ2) is 6.18. The summed E-state index contributed by atoms with van der Waals surface area (Å²) in [7, 11) is 1.36. The van der Waals surface area contributed by atoms with Crippen molar-refractivity contribution in [3.05, 3.63) is 12.4 Å². The van der Waals surface area contributed by atoms with Crippen LogP contribution in [0.3, 0.4) is 0 Å². The van der Waals surface area contributed by atoms with Crippen molar-refractivity contribution >= 4 is 17.6 Å². The molecule has 2 N–H and O–H groups in total. The molecule has 0 saturated heterocycles. The maximum Gasteiger partial charge on any atom is 0.330 e. The van der Waals surface area contributed by atoms with Gasteiger partial charge >= 0.3 is 5.97 Å². The van der Waals surface area contributed by atoms with Crippen LogP contribution in [0, 0.1) is 0 Å². The summed E-state index contributed by atoms with van der Waals surface area (Å²) < 4.78 is 4.72. The van der Waals surface area contributed by atoms with E-state index in [0.29, 0.717) is 5.82 Å². The van der Waals surface area contributed by atoms with E-state index in [1.165, 1.54) is 13.4 Å². The monoisotopic (exact) mass is 252 g/mol. The lowest BCUT2D eigenvalue weighted by Crippen LogP contribution is -2.41. The number of hydrogen-bond acceptors (Lipinski definition) is 6. The summed E-state index contributed by atoms with van der Waals surface area (Å²) in [5.74, 6) is 0.971. The molecule has 0 amide bonds. The summed E-state index contributed by atoms with van der Waals surface area (Å²) in [5.41, 5.74) is -0.828. The minimum absolute atomic E-state index is 0.343. The minimum atomic E-state index is -0.828. The first-order valence-electron chi connectivity index (χ1n) is 5.92. The molecule has 1 heterocycles. The molecule has 1 aromatic heterocycles. The second-order valence-corrected chi connectivity index (χ2v) is 4.46. The number of anilines is 2. The van der Waals surface area contributed by atoms with Crippen molar-refractivity contribution in [1.82, 2.24) is 9.97 Å². The van der Waals surface area contributed by atoms with Crippen LogP contribution < -0.4 is 10.6 Å². The normalized spacial score (nSPS) is 10.9. The summed E-state index contributed by atoms with van der Waals surface area (Å²) in [4.78, 5) is 19.7. The average molecular weight is 252 g/mol. The van der Waals surface area contributed by atoms with Crippen molar-refractivity contribution < 1.29 is 9.53 Å². The van der Waals surface area contributed by atoms with Gasteiger partial charge in [0.25, 0.3) is 0 Å². The molecule has 100 valence electrons. The van der Waals surface area contributed by atoms with Crippen LogP contribution in [0.5, 0.6) is 0 Å². The molecule has 0 aliphatic carbocycles. The molecule has 0 spiro atoms. The van der Waals surface area contributed by atoms with Crippen molar-refractivity contribution in [2.45, 2.75) is 32.7 Å². The molecule has 1 rings (SSSR count). The Bertz CT molecular complexity index is 407. The van der Waals surface area contributed by atoms with Gasteiger partial charge in [0.1, 0.15) is 23.5 Å². The second-order valence-electron chi connectivity index (χ2n) is 4.46. The quantitative estimate of drug-likeness (QED) is 0.750. The van der Waals surface area contributed by atoms with Crippen LogP contribution in [0.2, 0.25) is 0 Å². The molecule has 0 aliphatic heterocycles. The van der Waals surface area contributed by atoms with Crippen molar-refractivity contribution in [2.24, 2.45) is 0 Å². The number of esters is 1. The van der Waals surface area contributed by atoms with Gasteiger partial charge in [0, 0.05) is 12.6 Å². The van der Waals surface area contributed by atoms with Crippen molar-refractivity contribution in [2.75, 3.05) is 24.3 Å². The zero-order valence-electron chi connectivity index (χ0n) is 11.3. The lowest BCUT2D eigenvalue weighted by atomic mass is 10.1. The molecular weight excluding hydrogens is 232 g/mol. The molecule has 0 aliphatic rings. The largest absolute Gasteiger partial charge is 0.467 e. The zero-order chi connectivity index (χ0) is 13.6. The van der Waals surface area contributed by atoms with E-state index in [-0.39, 0.29) is 5.97 Å². The number of rotatable bonds is 6. The van der Waals surface area contributed by atoms with E-state index in [1.54, 1.807) is 19.9 Å². The van der Waals surface area contributed by atoms with Gasteiger partial charge in [-0.2, -0.15) is 0 Å². The van der Waals surface area contributed by atoms with Crippen molar-refractivity contribution in [3.63, 3.8) is 0 Å². The third kappa shape index (κ3) is 3.87. The molecule has 6 heteroatoms.